The number of nitrogens with one attached hydrogen (secondary N) is 1. The Hall–Kier alpha value is -8.80. The number of aliphatic imine (C=N–C) groups is 2. The monoisotopic (exact) mass is 1090 g/mol. The quantitative estimate of drug-likeness (QED) is 0.131. The van der Waals surface area contributed by atoms with E-state index in [1.54, 1.807) is 114 Å². The SMILES string of the molecule is CN1CCN(C(=O)c2cc(CN3C(=O)C(c4ccccc4)(c4cccc(NC5=NC(c6ccc(F)cc6)(c6ccc(F)cc6)C(=O)N5Cc5ccc(Cl)c(C(=O)N6Cc7ccc(F)cc7C6)c5)c4)N=C3N)ccc2Cl)CC1=O. The van der Waals surface area contributed by atoms with Gasteiger partial charge in [0.15, 0.2) is 17.0 Å². The molecule has 19 heteroatoms. The lowest BCUT2D eigenvalue weighted by atomic mass is 9.82. The maximum atomic E-state index is 15.5. The topological polar surface area (TPSA) is 164 Å². The molecule has 78 heavy (non-hydrogen) atoms. The molecule has 4 aliphatic rings. The molecule has 0 bridgehead atoms. The molecule has 1 atom stereocenters. The molecule has 0 saturated carbocycles. The lowest BCUT2D eigenvalue weighted by molar-refractivity contribution is -0.133. The van der Waals surface area contributed by atoms with E-state index in [1.165, 1.54) is 75.4 Å². The smallest absolute Gasteiger partial charge is 0.266 e. The first-order chi connectivity index (χ1) is 37.5. The number of likely N-dealkylation sites (N-methyl/N-ethyl adjacent to an activating group) is 1. The van der Waals surface area contributed by atoms with Gasteiger partial charge in [0.25, 0.3) is 23.6 Å². The maximum absolute atomic E-state index is 15.5. The van der Waals surface area contributed by atoms with Crippen molar-refractivity contribution in [3.8, 4) is 0 Å². The summed E-state index contributed by atoms with van der Waals surface area (Å²) in [6.45, 7) is 0.674. The van der Waals surface area contributed by atoms with Crippen LogP contribution in [0, 0.1) is 17.5 Å². The van der Waals surface area contributed by atoms with Crippen molar-refractivity contribution in [1.29, 1.82) is 0 Å². The second kappa shape index (κ2) is 20.3. The number of nitrogens with zero attached hydrogens (tertiary/aromatic N) is 7. The summed E-state index contributed by atoms with van der Waals surface area (Å²) in [5.74, 6) is -3.84. The third kappa shape index (κ3) is 9.17. The van der Waals surface area contributed by atoms with Crippen LogP contribution in [-0.4, -0.2) is 92.6 Å². The molecule has 0 aliphatic carbocycles. The van der Waals surface area contributed by atoms with E-state index in [-0.39, 0.29) is 82.8 Å². The van der Waals surface area contributed by atoms with Crippen molar-refractivity contribution < 1.29 is 37.1 Å². The van der Waals surface area contributed by atoms with Crippen molar-refractivity contribution in [2.24, 2.45) is 15.7 Å². The van der Waals surface area contributed by atoms with E-state index >= 15 is 9.59 Å². The summed E-state index contributed by atoms with van der Waals surface area (Å²) < 4.78 is 43.5. The van der Waals surface area contributed by atoms with Crippen LogP contribution in [0.1, 0.15) is 65.2 Å². The van der Waals surface area contributed by atoms with Crippen LogP contribution >= 0.6 is 23.2 Å². The van der Waals surface area contributed by atoms with E-state index < -0.39 is 52.2 Å². The molecular formula is C59H46Cl2F3N9O5. The Morgan fingerprint density at radius 1 is 0.564 bits per heavy atom. The van der Waals surface area contributed by atoms with Gasteiger partial charge >= 0.3 is 0 Å². The molecule has 4 aliphatic heterocycles. The normalized spacial score (nSPS) is 17.9. The average molecular weight is 1090 g/mol. The van der Waals surface area contributed by atoms with Crippen LogP contribution in [0.5, 0.6) is 0 Å². The van der Waals surface area contributed by atoms with Crippen LogP contribution in [-0.2, 0) is 51.6 Å². The minimum absolute atomic E-state index is 0.00386. The highest BCUT2D eigenvalue weighted by molar-refractivity contribution is 6.34. The van der Waals surface area contributed by atoms with Crippen LogP contribution < -0.4 is 11.1 Å². The number of fused-ring (bicyclic) bond motifs is 1. The number of rotatable bonds is 11. The van der Waals surface area contributed by atoms with E-state index in [2.05, 4.69) is 5.32 Å². The number of guanidine groups is 2. The predicted molar refractivity (Wildman–Crippen MR) is 287 cm³/mol. The van der Waals surface area contributed by atoms with Crippen LogP contribution in [0.4, 0.5) is 18.9 Å². The Balaban J connectivity index is 0.954. The van der Waals surface area contributed by atoms with Gasteiger partial charge in [-0.2, -0.15) is 0 Å². The van der Waals surface area contributed by atoms with Crippen molar-refractivity contribution in [1.82, 2.24) is 24.5 Å². The van der Waals surface area contributed by atoms with Crippen LogP contribution in [0.15, 0.2) is 168 Å². The summed E-state index contributed by atoms with van der Waals surface area (Å²) in [5, 5.41) is 3.65. The second-order valence-electron chi connectivity index (χ2n) is 19.4. The van der Waals surface area contributed by atoms with Gasteiger partial charge in [-0.1, -0.05) is 108 Å². The first kappa shape index (κ1) is 51.3. The zero-order valence-corrected chi connectivity index (χ0v) is 43.1. The van der Waals surface area contributed by atoms with Gasteiger partial charge in [0.2, 0.25) is 11.9 Å². The third-order valence-electron chi connectivity index (χ3n) is 14.6. The first-order valence-corrected chi connectivity index (χ1v) is 25.5. The van der Waals surface area contributed by atoms with Gasteiger partial charge in [-0.3, -0.25) is 33.8 Å². The Bertz CT molecular complexity index is 3630. The molecule has 11 rings (SSSR count). The van der Waals surface area contributed by atoms with Crippen molar-refractivity contribution in [3.63, 3.8) is 0 Å². The largest absolute Gasteiger partial charge is 0.369 e. The summed E-state index contributed by atoms with van der Waals surface area (Å²) in [6.07, 6.45) is 0. The first-order valence-electron chi connectivity index (χ1n) is 24.7. The summed E-state index contributed by atoms with van der Waals surface area (Å²) in [6, 6.07) is 40.1. The number of anilines is 1. The van der Waals surface area contributed by atoms with E-state index in [4.69, 9.17) is 38.9 Å². The van der Waals surface area contributed by atoms with Gasteiger partial charge in [-0.05, 0) is 117 Å². The minimum atomic E-state index is -1.90. The molecule has 1 unspecified atom stereocenters. The molecule has 3 N–H and O–H groups in total. The number of amides is 5. The summed E-state index contributed by atoms with van der Waals surface area (Å²) in [7, 11) is 1.67. The van der Waals surface area contributed by atoms with Crippen molar-refractivity contribution in [2.45, 2.75) is 37.3 Å². The molecule has 7 aromatic carbocycles. The van der Waals surface area contributed by atoms with E-state index in [1.807, 2.05) is 0 Å². The minimum Gasteiger partial charge on any atom is -0.369 e. The summed E-state index contributed by atoms with van der Waals surface area (Å²) in [4.78, 5) is 88.5. The molecule has 0 radical (unpaired) electrons. The predicted octanol–water partition coefficient (Wildman–Crippen LogP) is 8.84. The van der Waals surface area contributed by atoms with Gasteiger partial charge < -0.3 is 25.8 Å². The Morgan fingerprint density at radius 2 is 1.10 bits per heavy atom. The fourth-order valence-corrected chi connectivity index (χ4v) is 10.8. The molecule has 14 nitrogen and oxygen atoms in total. The van der Waals surface area contributed by atoms with Crippen LogP contribution in [0.25, 0.3) is 0 Å². The zero-order chi connectivity index (χ0) is 54.6. The van der Waals surface area contributed by atoms with Crippen molar-refractivity contribution >= 4 is 70.3 Å². The fraction of sp³-hybridized carbons (Fsp3) is 0.169. The molecule has 7 aromatic rings. The lowest BCUT2D eigenvalue weighted by Gasteiger charge is -2.32. The molecule has 1 fully saturated rings. The highest BCUT2D eigenvalue weighted by Crippen LogP contribution is 2.44. The zero-order valence-electron chi connectivity index (χ0n) is 41.6. The van der Waals surface area contributed by atoms with Crippen LogP contribution in [0.3, 0.4) is 0 Å². The maximum Gasteiger partial charge on any atom is 0.266 e. The molecule has 0 spiro atoms. The number of carbonyl (C=O) groups excluding carboxylic acids is 5. The highest BCUT2D eigenvalue weighted by Gasteiger charge is 2.53. The number of hydrogen-bond donors (Lipinski definition) is 2. The average Bonchev–Trinajstić information content (AvgIpc) is 4.26. The van der Waals surface area contributed by atoms with E-state index in [9.17, 15) is 27.6 Å². The third-order valence-corrected chi connectivity index (χ3v) is 15.2. The Kier molecular flexibility index (Phi) is 13.3. The molecule has 4 heterocycles. The second-order valence-corrected chi connectivity index (χ2v) is 20.3. The highest BCUT2D eigenvalue weighted by atomic mass is 35.5. The number of hydrogen-bond acceptors (Lipinski definition) is 9. The molecule has 0 aromatic heterocycles. The Labute approximate surface area is 455 Å². The van der Waals surface area contributed by atoms with Gasteiger partial charge in [-0.25, -0.2) is 23.2 Å². The number of nitrogens with two attached hydrogens (primary N) is 1. The molecule has 392 valence electrons. The molecule has 1 saturated heterocycles. The van der Waals surface area contributed by atoms with Gasteiger partial charge in [0.05, 0.1) is 34.3 Å². The number of piperazine rings is 1. The van der Waals surface area contributed by atoms with Crippen molar-refractivity contribution in [3.05, 3.63) is 241 Å². The fourth-order valence-electron chi connectivity index (χ4n) is 10.4. The van der Waals surface area contributed by atoms with Gasteiger partial charge in [0, 0.05) is 38.9 Å². The summed E-state index contributed by atoms with van der Waals surface area (Å²) >= 11 is 13.3. The lowest BCUT2D eigenvalue weighted by Crippen LogP contribution is -2.50. The molecule has 5 amide bonds. The van der Waals surface area contributed by atoms with E-state index in [0.717, 1.165) is 5.56 Å². The Morgan fingerprint density at radius 3 is 1.73 bits per heavy atom. The number of carbonyl (C=O) groups is 5. The van der Waals surface area contributed by atoms with Gasteiger partial charge in [0.1, 0.15) is 24.0 Å². The van der Waals surface area contributed by atoms with Crippen LogP contribution in [0.2, 0.25) is 10.0 Å². The van der Waals surface area contributed by atoms with Gasteiger partial charge in [-0.15, -0.1) is 0 Å². The number of benzene rings is 7. The standard InChI is InChI=1S/C59H46Cl2F3N9O5/c1-69-24-25-70(34-51(69)74)52(75)47-26-35(10-22-49(47)60)30-72-54(77)59(67-56(72)65,39-6-3-2-4-7-39)42-8-5-9-46(29-42)66-57-68-58(40-13-18-43(62)19-14-40,41-15-20-44(63)21-16-41)55(78)73(57)31-36-11-23-50(61)48(27-36)53(76)71-32-37-12-17-45(64)28-38(37)33-71/h2-23,26-29H,24-25,30-34H2,1H3,(H2,65,67)(H,66,68). The molecular weight excluding hydrogens is 1040 g/mol. The number of halogens is 5. The van der Waals surface area contributed by atoms with E-state index in [0.29, 0.717) is 46.6 Å². The summed E-state index contributed by atoms with van der Waals surface area (Å²) in [5.41, 5.74) is 7.54. The van der Waals surface area contributed by atoms with Crippen molar-refractivity contribution in [2.75, 3.05) is 32.0 Å².